The third kappa shape index (κ3) is 2.77. The molecular weight excluding hydrogens is 352 g/mol. The number of piperidine rings is 2. The van der Waals surface area contributed by atoms with E-state index in [1.165, 1.54) is 0 Å². The minimum absolute atomic E-state index is 0.0166. The quantitative estimate of drug-likeness (QED) is 0.753. The summed E-state index contributed by atoms with van der Waals surface area (Å²) in [5.41, 5.74) is 3.86. The van der Waals surface area contributed by atoms with Crippen molar-refractivity contribution in [3.63, 3.8) is 0 Å². The van der Waals surface area contributed by atoms with Gasteiger partial charge in [-0.2, -0.15) is 9.61 Å². The summed E-state index contributed by atoms with van der Waals surface area (Å²) in [6.07, 6.45) is 4.93. The van der Waals surface area contributed by atoms with E-state index in [1.54, 1.807) is 10.8 Å². The molecule has 0 unspecified atom stereocenters. The highest BCUT2D eigenvalue weighted by atomic mass is 16.3. The number of likely N-dealkylation sites (N-methyl/N-ethyl adjacent to an activating group) is 1. The lowest BCUT2D eigenvalue weighted by Crippen LogP contribution is -2.61. The molecule has 2 saturated heterocycles. The van der Waals surface area contributed by atoms with E-state index in [0.717, 1.165) is 61.5 Å². The van der Waals surface area contributed by atoms with Crippen LogP contribution in [0.25, 0.3) is 16.9 Å². The molecule has 0 saturated carbocycles. The van der Waals surface area contributed by atoms with Crippen LogP contribution in [-0.2, 0) is 0 Å². The van der Waals surface area contributed by atoms with E-state index in [0.29, 0.717) is 6.04 Å². The Balaban J connectivity index is 1.55. The van der Waals surface area contributed by atoms with Crippen molar-refractivity contribution < 1.29 is 5.11 Å². The summed E-state index contributed by atoms with van der Waals surface area (Å²) >= 11 is 0. The summed E-state index contributed by atoms with van der Waals surface area (Å²) in [5, 5.41) is 23.3. The van der Waals surface area contributed by atoms with Gasteiger partial charge in [-0.25, -0.2) is 0 Å². The largest absolute Gasteiger partial charge is 0.396 e. The minimum Gasteiger partial charge on any atom is -0.396 e. The van der Waals surface area contributed by atoms with Crippen LogP contribution in [0.5, 0.6) is 0 Å². The average Bonchev–Trinajstić information content (AvgIpc) is 3.22. The SMILES string of the molecule is CN1CCC[C@]2(CO)CCN(c3cc(-c4ccccc4)nn4cnnc34)C[C@@H]12. The number of rotatable bonds is 3. The second-order valence-corrected chi connectivity index (χ2v) is 8.20. The Hall–Kier alpha value is -2.51. The Labute approximate surface area is 164 Å². The lowest BCUT2D eigenvalue weighted by atomic mass is 9.69. The molecule has 2 atom stereocenters. The molecule has 1 N–H and O–H groups in total. The number of hydrogen-bond acceptors (Lipinski definition) is 6. The van der Waals surface area contributed by atoms with E-state index >= 15 is 0 Å². The molecule has 0 bridgehead atoms. The van der Waals surface area contributed by atoms with Crippen LogP contribution in [0.1, 0.15) is 19.3 Å². The first-order chi connectivity index (χ1) is 13.7. The highest BCUT2D eigenvalue weighted by molar-refractivity contribution is 5.74. The summed E-state index contributed by atoms with van der Waals surface area (Å²) in [4.78, 5) is 4.82. The topological polar surface area (TPSA) is 69.8 Å². The zero-order chi connectivity index (χ0) is 19.1. The smallest absolute Gasteiger partial charge is 0.200 e. The van der Waals surface area contributed by atoms with Gasteiger partial charge in [0, 0.05) is 30.1 Å². The molecule has 2 fully saturated rings. The number of aliphatic hydroxyl groups is 1. The van der Waals surface area contributed by atoms with Crippen molar-refractivity contribution in [2.45, 2.75) is 25.3 Å². The number of hydrogen-bond donors (Lipinski definition) is 1. The highest BCUT2D eigenvalue weighted by Crippen LogP contribution is 2.43. The lowest BCUT2D eigenvalue weighted by molar-refractivity contribution is -0.0275. The van der Waals surface area contributed by atoms with Crippen molar-refractivity contribution in [2.75, 3.05) is 38.2 Å². The summed E-state index contributed by atoms with van der Waals surface area (Å²) in [6.45, 7) is 3.15. The van der Waals surface area contributed by atoms with Crippen molar-refractivity contribution in [3.05, 3.63) is 42.7 Å². The molecule has 4 heterocycles. The molecule has 7 nitrogen and oxygen atoms in total. The molecule has 2 aliphatic rings. The van der Waals surface area contributed by atoms with Crippen LogP contribution in [-0.4, -0.2) is 69.1 Å². The van der Waals surface area contributed by atoms with Crippen LogP contribution in [0.15, 0.2) is 42.7 Å². The molecule has 0 amide bonds. The second kappa shape index (κ2) is 6.83. The molecule has 3 aromatic rings. The first-order valence-electron chi connectivity index (χ1n) is 10.0. The molecule has 5 rings (SSSR count). The maximum atomic E-state index is 10.2. The first-order valence-corrected chi connectivity index (χ1v) is 10.0. The van der Waals surface area contributed by atoms with Crippen LogP contribution in [0, 0.1) is 5.41 Å². The van der Waals surface area contributed by atoms with Crippen molar-refractivity contribution in [3.8, 4) is 11.3 Å². The monoisotopic (exact) mass is 378 g/mol. The normalized spacial score (nSPS) is 25.8. The van der Waals surface area contributed by atoms with Crippen LogP contribution in [0.2, 0.25) is 0 Å². The van der Waals surface area contributed by atoms with Crippen LogP contribution in [0.3, 0.4) is 0 Å². The van der Waals surface area contributed by atoms with E-state index in [1.807, 2.05) is 18.2 Å². The van der Waals surface area contributed by atoms with Gasteiger partial charge in [0.05, 0.1) is 18.0 Å². The third-order valence-corrected chi connectivity index (χ3v) is 6.67. The lowest BCUT2D eigenvalue weighted by Gasteiger charge is -2.54. The third-order valence-electron chi connectivity index (χ3n) is 6.67. The molecule has 28 heavy (non-hydrogen) atoms. The molecule has 0 spiro atoms. The van der Waals surface area contributed by atoms with Gasteiger partial charge in [0.2, 0.25) is 5.65 Å². The molecule has 146 valence electrons. The van der Waals surface area contributed by atoms with Gasteiger partial charge in [-0.1, -0.05) is 30.3 Å². The van der Waals surface area contributed by atoms with Gasteiger partial charge in [0.15, 0.2) is 0 Å². The van der Waals surface area contributed by atoms with E-state index in [4.69, 9.17) is 5.10 Å². The van der Waals surface area contributed by atoms with E-state index < -0.39 is 0 Å². The Morgan fingerprint density at radius 1 is 1.18 bits per heavy atom. The fourth-order valence-electron chi connectivity index (χ4n) is 5.03. The number of likely N-dealkylation sites (tertiary alicyclic amines) is 1. The summed E-state index contributed by atoms with van der Waals surface area (Å²) < 4.78 is 1.77. The van der Waals surface area contributed by atoms with Gasteiger partial charge >= 0.3 is 0 Å². The summed E-state index contributed by atoms with van der Waals surface area (Å²) in [6, 6.07) is 12.7. The van der Waals surface area contributed by atoms with Gasteiger partial charge < -0.3 is 14.9 Å². The molecule has 2 aromatic heterocycles. The second-order valence-electron chi connectivity index (χ2n) is 8.20. The Morgan fingerprint density at radius 2 is 2.04 bits per heavy atom. The predicted octanol–water partition coefficient (Wildman–Crippen LogP) is 2.07. The van der Waals surface area contributed by atoms with E-state index in [-0.39, 0.29) is 12.0 Å². The van der Waals surface area contributed by atoms with Gasteiger partial charge in [-0.15, -0.1) is 10.2 Å². The maximum Gasteiger partial charge on any atom is 0.200 e. The van der Waals surface area contributed by atoms with Crippen molar-refractivity contribution in [1.29, 1.82) is 0 Å². The van der Waals surface area contributed by atoms with Crippen molar-refractivity contribution in [2.24, 2.45) is 5.41 Å². The molecular formula is C21H26N6O. The number of fused-ring (bicyclic) bond motifs is 2. The van der Waals surface area contributed by atoms with Gasteiger partial charge in [0.25, 0.3) is 0 Å². The molecule has 0 radical (unpaired) electrons. The maximum absolute atomic E-state index is 10.2. The predicted molar refractivity (Wildman–Crippen MR) is 108 cm³/mol. The van der Waals surface area contributed by atoms with Crippen LogP contribution >= 0.6 is 0 Å². The molecule has 2 aliphatic heterocycles. The van der Waals surface area contributed by atoms with Gasteiger partial charge in [-0.3, -0.25) is 0 Å². The van der Waals surface area contributed by atoms with Crippen molar-refractivity contribution in [1.82, 2.24) is 24.7 Å². The Kier molecular flexibility index (Phi) is 4.29. The van der Waals surface area contributed by atoms with Gasteiger partial charge in [-0.05, 0) is 38.9 Å². The van der Waals surface area contributed by atoms with Crippen LogP contribution < -0.4 is 4.90 Å². The van der Waals surface area contributed by atoms with E-state index in [2.05, 4.69) is 45.2 Å². The highest BCUT2D eigenvalue weighted by Gasteiger charge is 2.46. The number of nitrogens with zero attached hydrogens (tertiary/aromatic N) is 6. The Bertz CT molecular complexity index is 973. The summed E-state index contributed by atoms with van der Waals surface area (Å²) in [5.74, 6) is 0. The zero-order valence-corrected chi connectivity index (χ0v) is 16.2. The first kappa shape index (κ1) is 17.6. The van der Waals surface area contributed by atoms with Crippen molar-refractivity contribution >= 4 is 11.3 Å². The number of aromatic nitrogens is 4. The number of anilines is 1. The van der Waals surface area contributed by atoms with Crippen LogP contribution in [0.4, 0.5) is 5.69 Å². The number of aliphatic hydroxyl groups excluding tert-OH is 1. The molecule has 0 aliphatic carbocycles. The number of benzene rings is 1. The van der Waals surface area contributed by atoms with Gasteiger partial charge in [0.1, 0.15) is 6.33 Å². The summed E-state index contributed by atoms with van der Waals surface area (Å²) in [7, 11) is 2.19. The fourth-order valence-corrected chi connectivity index (χ4v) is 5.03. The van der Waals surface area contributed by atoms with E-state index in [9.17, 15) is 5.11 Å². The standard InChI is InChI=1S/C21H26N6O/c1-25-10-5-8-21(14-28)9-11-26(13-19(21)25)18-12-17(16-6-3-2-4-7-16)24-27-15-22-23-20(18)27/h2-4,6-7,12,15,19,28H,5,8-11,13-14H2,1H3/t19-,21-/m1/s1. The minimum atomic E-state index is 0.0166. The molecule has 1 aromatic carbocycles. The molecule has 7 heteroatoms. The fraction of sp³-hybridized carbons (Fsp3) is 0.476. The average molecular weight is 378 g/mol. The zero-order valence-electron chi connectivity index (χ0n) is 16.2. The Morgan fingerprint density at radius 3 is 2.86 bits per heavy atom.